The van der Waals surface area contributed by atoms with Crippen LogP contribution in [-0.2, 0) is 33.3 Å². The lowest BCUT2D eigenvalue weighted by Crippen LogP contribution is -2.39. The number of hydrogen-bond donors (Lipinski definition) is 0. The molecule has 9 nitrogen and oxygen atoms in total. The van der Waals surface area contributed by atoms with Crippen molar-refractivity contribution >= 4 is 17.9 Å². The van der Waals surface area contributed by atoms with Gasteiger partial charge in [0.15, 0.2) is 6.10 Å². The molecule has 2 aliphatic rings. The van der Waals surface area contributed by atoms with E-state index in [9.17, 15) is 14.4 Å². The molecule has 2 fully saturated rings. The molecule has 0 aromatic heterocycles. The number of esters is 3. The summed E-state index contributed by atoms with van der Waals surface area (Å²) >= 11 is 0. The summed E-state index contributed by atoms with van der Waals surface area (Å²) < 4.78 is 20.8. The van der Waals surface area contributed by atoms with Crippen LogP contribution in [0.2, 0.25) is 0 Å². The molecule has 0 bridgehead atoms. The third-order valence-corrected chi connectivity index (χ3v) is 5.06. The lowest BCUT2D eigenvalue weighted by molar-refractivity contribution is -0.168. The fourth-order valence-electron chi connectivity index (χ4n) is 3.41. The summed E-state index contributed by atoms with van der Waals surface area (Å²) in [5.74, 6) is -1.62. The number of rotatable bonds is 11. The van der Waals surface area contributed by atoms with Gasteiger partial charge in [0.2, 0.25) is 0 Å². The van der Waals surface area contributed by atoms with E-state index in [2.05, 4.69) is 9.80 Å². The van der Waals surface area contributed by atoms with Gasteiger partial charge in [0.05, 0.1) is 13.2 Å². The molecule has 166 valence electrons. The maximum Gasteiger partial charge on any atom is 0.347 e. The van der Waals surface area contributed by atoms with Gasteiger partial charge in [-0.1, -0.05) is 6.42 Å². The number of carbonyl (C=O) groups excluding carboxylic acids is 3. The van der Waals surface area contributed by atoms with Crippen molar-refractivity contribution in [3.8, 4) is 0 Å². The monoisotopic (exact) mass is 414 g/mol. The molecule has 2 rings (SSSR count). The van der Waals surface area contributed by atoms with E-state index < -0.39 is 24.0 Å². The zero-order valence-electron chi connectivity index (χ0n) is 17.4. The van der Waals surface area contributed by atoms with Crippen LogP contribution in [0, 0.1) is 0 Å². The van der Waals surface area contributed by atoms with Gasteiger partial charge in [-0.2, -0.15) is 0 Å². The first-order valence-electron chi connectivity index (χ1n) is 10.6. The number of nitrogens with zero attached hydrogens (tertiary/aromatic N) is 2. The highest BCUT2D eigenvalue weighted by Gasteiger charge is 2.25. The van der Waals surface area contributed by atoms with Crippen LogP contribution in [0.5, 0.6) is 0 Å². The third-order valence-electron chi connectivity index (χ3n) is 5.06. The van der Waals surface area contributed by atoms with Gasteiger partial charge >= 0.3 is 17.9 Å². The molecule has 2 aliphatic heterocycles. The highest BCUT2D eigenvalue weighted by Crippen LogP contribution is 2.09. The number of likely N-dealkylation sites (tertiary alicyclic amines) is 1. The molecule has 0 spiro atoms. The third kappa shape index (κ3) is 10.0. The van der Waals surface area contributed by atoms with Crippen LogP contribution in [0.4, 0.5) is 0 Å². The van der Waals surface area contributed by atoms with Gasteiger partial charge in [-0.3, -0.25) is 19.4 Å². The molecule has 0 amide bonds. The molecule has 0 saturated carbocycles. The van der Waals surface area contributed by atoms with Crippen LogP contribution >= 0.6 is 0 Å². The largest absolute Gasteiger partial charge is 0.464 e. The van der Waals surface area contributed by atoms with Gasteiger partial charge in [-0.25, -0.2) is 4.79 Å². The number of piperidine rings is 1. The topological polar surface area (TPSA) is 94.6 Å². The van der Waals surface area contributed by atoms with Gasteiger partial charge in [0.1, 0.15) is 13.2 Å². The molecule has 2 heterocycles. The molecule has 0 aliphatic carbocycles. The van der Waals surface area contributed by atoms with E-state index in [4.69, 9.17) is 18.9 Å². The highest BCUT2D eigenvalue weighted by molar-refractivity contribution is 5.79. The average Bonchev–Trinajstić information content (AvgIpc) is 2.72. The summed E-state index contributed by atoms with van der Waals surface area (Å²) in [6.45, 7) is 8.12. The molecule has 1 atom stereocenters. The van der Waals surface area contributed by atoms with Crippen LogP contribution < -0.4 is 0 Å². The van der Waals surface area contributed by atoms with Crippen molar-refractivity contribution in [2.75, 3.05) is 65.7 Å². The fraction of sp³-hybridized carbons (Fsp3) is 0.850. The van der Waals surface area contributed by atoms with Crippen molar-refractivity contribution in [3.63, 3.8) is 0 Å². The maximum atomic E-state index is 12.3. The fourth-order valence-corrected chi connectivity index (χ4v) is 3.41. The summed E-state index contributed by atoms with van der Waals surface area (Å²) in [5, 5.41) is 0. The summed E-state index contributed by atoms with van der Waals surface area (Å²) in [6, 6.07) is 0. The van der Waals surface area contributed by atoms with Gasteiger partial charge in [0.25, 0.3) is 0 Å². The van der Waals surface area contributed by atoms with Crippen LogP contribution in [0.15, 0.2) is 0 Å². The molecular formula is C20H34N2O7. The minimum Gasteiger partial charge on any atom is -0.464 e. The molecule has 0 aromatic rings. The standard InChI is InChI=1S/C20H34N2O7/c1-17(23)29-18(20(25)28-16-12-22-9-13-26-14-10-22)5-6-19(24)27-15-11-21-7-3-2-4-8-21/h18H,2-16H2,1H3. The predicted molar refractivity (Wildman–Crippen MR) is 104 cm³/mol. The SMILES string of the molecule is CC(=O)OC(CCC(=O)OCCN1CCCCC1)C(=O)OCCN1CCOCC1. The van der Waals surface area contributed by atoms with Crippen LogP contribution in [0.1, 0.15) is 39.0 Å². The minimum atomic E-state index is -1.09. The predicted octanol–water partition coefficient (Wildman–Crippen LogP) is 0.603. The zero-order valence-corrected chi connectivity index (χ0v) is 17.4. The molecule has 29 heavy (non-hydrogen) atoms. The molecule has 2 saturated heterocycles. The number of morpholine rings is 1. The summed E-state index contributed by atoms with van der Waals surface area (Å²) in [7, 11) is 0. The van der Waals surface area contributed by atoms with Gasteiger partial charge in [0, 0.05) is 45.9 Å². The Morgan fingerprint density at radius 1 is 0.897 bits per heavy atom. The lowest BCUT2D eigenvalue weighted by atomic mass is 10.1. The van der Waals surface area contributed by atoms with E-state index >= 15 is 0 Å². The van der Waals surface area contributed by atoms with Crippen molar-refractivity contribution < 1.29 is 33.3 Å². The first-order chi connectivity index (χ1) is 14.0. The average molecular weight is 414 g/mol. The zero-order chi connectivity index (χ0) is 20.9. The first kappa shape index (κ1) is 23.6. The Hall–Kier alpha value is -1.71. The highest BCUT2D eigenvalue weighted by atomic mass is 16.6. The quantitative estimate of drug-likeness (QED) is 0.356. The second kappa shape index (κ2) is 13.5. The van der Waals surface area contributed by atoms with Crippen LogP contribution in [0.25, 0.3) is 0 Å². The van der Waals surface area contributed by atoms with Gasteiger partial charge < -0.3 is 18.9 Å². The first-order valence-corrected chi connectivity index (χ1v) is 10.6. The summed E-state index contributed by atoms with van der Waals surface area (Å²) in [4.78, 5) is 39.9. The van der Waals surface area contributed by atoms with Crippen molar-refractivity contribution in [1.29, 1.82) is 0 Å². The number of ether oxygens (including phenoxy) is 4. The van der Waals surface area contributed by atoms with E-state index in [1.807, 2.05) is 0 Å². The Balaban J connectivity index is 1.64. The van der Waals surface area contributed by atoms with Crippen molar-refractivity contribution in [3.05, 3.63) is 0 Å². The maximum absolute atomic E-state index is 12.3. The number of carbonyl (C=O) groups is 3. The van der Waals surface area contributed by atoms with E-state index in [0.29, 0.717) is 26.4 Å². The molecule has 9 heteroatoms. The van der Waals surface area contributed by atoms with Crippen molar-refractivity contribution in [2.45, 2.75) is 45.1 Å². The molecule has 0 N–H and O–H groups in total. The second-order valence-corrected chi connectivity index (χ2v) is 7.38. The Bertz CT molecular complexity index is 517. The van der Waals surface area contributed by atoms with E-state index in [1.165, 1.54) is 26.2 Å². The lowest BCUT2D eigenvalue weighted by Gasteiger charge is -2.26. The Morgan fingerprint density at radius 3 is 2.17 bits per heavy atom. The number of hydrogen-bond acceptors (Lipinski definition) is 9. The van der Waals surface area contributed by atoms with Crippen LogP contribution in [-0.4, -0.2) is 99.5 Å². The van der Waals surface area contributed by atoms with Crippen molar-refractivity contribution in [2.24, 2.45) is 0 Å². The van der Waals surface area contributed by atoms with Crippen LogP contribution in [0.3, 0.4) is 0 Å². The normalized spacial score (nSPS) is 19.3. The summed E-state index contributed by atoms with van der Waals surface area (Å²) in [6.07, 6.45) is 2.59. The second-order valence-electron chi connectivity index (χ2n) is 7.38. The molecular weight excluding hydrogens is 380 g/mol. The smallest absolute Gasteiger partial charge is 0.347 e. The Kier molecular flexibility index (Phi) is 11.0. The Morgan fingerprint density at radius 2 is 1.52 bits per heavy atom. The molecule has 1 unspecified atom stereocenters. The van der Waals surface area contributed by atoms with Gasteiger partial charge in [-0.05, 0) is 25.9 Å². The molecule has 0 radical (unpaired) electrons. The van der Waals surface area contributed by atoms with E-state index in [1.54, 1.807) is 0 Å². The minimum absolute atomic E-state index is 0.00346. The molecule has 0 aromatic carbocycles. The van der Waals surface area contributed by atoms with E-state index in [-0.39, 0.29) is 19.4 Å². The summed E-state index contributed by atoms with van der Waals surface area (Å²) in [5.41, 5.74) is 0. The van der Waals surface area contributed by atoms with Gasteiger partial charge in [-0.15, -0.1) is 0 Å². The Labute approximate surface area is 172 Å². The van der Waals surface area contributed by atoms with Crippen molar-refractivity contribution in [1.82, 2.24) is 9.80 Å². The van der Waals surface area contributed by atoms with E-state index in [0.717, 1.165) is 32.7 Å².